The molecule has 0 aliphatic carbocycles. The molecule has 0 bridgehead atoms. The Morgan fingerprint density at radius 3 is 2.64 bits per heavy atom. The minimum absolute atomic E-state index is 0.129. The zero-order chi connectivity index (χ0) is 18.2. The standard InChI is InChI=1S/C19H22N2O3S/c1-13-6-4-5-7-16(13)12-20-19(22)15-8-9-18-17(11-15)10-14(2)21(18)25(3,23)24/h4-9,11,14H,10,12H2,1-3H3,(H,20,22). The fraction of sp³-hybridized carbons (Fsp3) is 0.316. The number of sulfonamides is 1. The van der Waals surface area contributed by atoms with E-state index in [0.29, 0.717) is 24.2 Å². The molecule has 0 spiro atoms. The van der Waals surface area contributed by atoms with Crippen LogP contribution < -0.4 is 9.62 Å². The van der Waals surface area contributed by atoms with Crippen molar-refractivity contribution in [3.8, 4) is 0 Å². The van der Waals surface area contributed by atoms with E-state index in [1.807, 2.05) is 38.1 Å². The maximum absolute atomic E-state index is 12.4. The summed E-state index contributed by atoms with van der Waals surface area (Å²) < 4.78 is 25.4. The number of anilines is 1. The molecule has 0 saturated carbocycles. The zero-order valence-electron chi connectivity index (χ0n) is 14.6. The maximum atomic E-state index is 12.4. The highest BCUT2D eigenvalue weighted by Gasteiger charge is 2.32. The first-order valence-corrected chi connectivity index (χ1v) is 10.1. The van der Waals surface area contributed by atoms with Gasteiger partial charge < -0.3 is 5.32 Å². The van der Waals surface area contributed by atoms with Crippen LogP contribution in [0.3, 0.4) is 0 Å². The van der Waals surface area contributed by atoms with Crippen LogP contribution in [0.4, 0.5) is 5.69 Å². The molecular weight excluding hydrogens is 336 g/mol. The van der Waals surface area contributed by atoms with Crippen LogP contribution in [-0.2, 0) is 23.0 Å². The number of carbonyl (C=O) groups excluding carboxylic acids is 1. The van der Waals surface area contributed by atoms with Crippen LogP contribution >= 0.6 is 0 Å². The number of benzene rings is 2. The van der Waals surface area contributed by atoms with E-state index in [4.69, 9.17) is 0 Å². The lowest BCUT2D eigenvalue weighted by atomic mass is 10.1. The lowest BCUT2D eigenvalue weighted by Gasteiger charge is -2.21. The number of fused-ring (bicyclic) bond motifs is 1. The van der Waals surface area contributed by atoms with E-state index in [-0.39, 0.29) is 11.9 Å². The lowest BCUT2D eigenvalue weighted by Crippen LogP contribution is -2.34. The number of aryl methyl sites for hydroxylation is 1. The van der Waals surface area contributed by atoms with Gasteiger partial charge in [0.1, 0.15) is 0 Å². The maximum Gasteiger partial charge on any atom is 0.251 e. The molecule has 132 valence electrons. The molecule has 2 aromatic carbocycles. The van der Waals surface area contributed by atoms with E-state index in [1.54, 1.807) is 18.2 Å². The van der Waals surface area contributed by atoms with Crippen molar-refractivity contribution in [1.29, 1.82) is 0 Å². The SMILES string of the molecule is Cc1ccccc1CNC(=O)c1ccc2c(c1)CC(C)N2S(C)(=O)=O. The summed E-state index contributed by atoms with van der Waals surface area (Å²) in [4.78, 5) is 12.4. The third kappa shape index (κ3) is 3.54. The monoisotopic (exact) mass is 358 g/mol. The second-order valence-corrected chi connectivity index (χ2v) is 8.42. The Bertz CT molecular complexity index is 922. The Balaban J connectivity index is 1.78. The molecule has 1 aliphatic heterocycles. The van der Waals surface area contributed by atoms with Gasteiger partial charge in [-0.1, -0.05) is 24.3 Å². The van der Waals surface area contributed by atoms with Gasteiger partial charge in [0.2, 0.25) is 10.0 Å². The number of nitrogens with zero attached hydrogens (tertiary/aromatic N) is 1. The van der Waals surface area contributed by atoms with Gasteiger partial charge in [0.05, 0.1) is 11.9 Å². The van der Waals surface area contributed by atoms with E-state index in [0.717, 1.165) is 16.7 Å². The molecule has 1 unspecified atom stereocenters. The summed E-state index contributed by atoms with van der Waals surface area (Å²) in [5.74, 6) is -0.156. The first-order chi connectivity index (χ1) is 11.8. The molecule has 1 aliphatic rings. The molecule has 2 aromatic rings. The third-order valence-corrected chi connectivity index (χ3v) is 5.82. The van der Waals surface area contributed by atoms with Crippen LogP contribution in [-0.4, -0.2) is 26.6 Å². The van der Waals surface area contributed by atoms with E-state index in [2.05, 4.69) is 5.32 Å². The highest BCUT2D eigenvalue weighted by Crippen LogP contribution is 2.34. The summed E-state index contributed by atoms with van der Waals surface area (Å²) in [6.45, 7) is 4.35. The largest absolute Gasteiger partial charge is 0.348 e. The Morgan fingerprint density at radius 1 is 1.24 bits per heavy atom. The van der Waals surface area contributed by atoms with Gasteiger partial charge in [0.15, 0.2) is 0 Å². The van der Waals surface area contributed by atoms with E-state index in [9.17, 15) is 13.2 Å². The van der Waals surface area contributed by atoms with Crippen molar-refractivity contribution in [1.82, 2.24) is 5.32 Å². The highest BCUT2D eigenvalue weighted by atomic mass is 32.2. The Hall–Kier alpha value is -2.34. The molecule has 25 heavy (non-hydrogen) atoms. The summed E-state index contributed by atoms with van der Waals surface area (Å²) in [5, 5.41) is 2.93. The number of hydrogen-bond acceptors (Lipinski definition) is 3. The summed E-state index contributed by atoms with van der Waals surface area (Å²) in [5.41, 5.74) is 4.32. The van der Waals surface area contributed by atoms with E-state index < -0.39 is 10.0 Å². The predicted octanol–water partition coefficient (Wildman–Crippen LogP) is 2.64. The molecule has 1 atom stereocenters. The van der Waals surface area contributed by atoms with Gasteiger partial charge in [-0.25, -0.2) is 8.42 Å². The Kier molecular flexibility index (Phi) is 4.56. The predicted molar refractivity (Wildman–Crippen MR) is 99.3 cm³/mol. The van der Waals surface area contributed by atoms with Crippen LogP contribution in [0.5, 0.6) is 0 Å². The van der Waals surface area contributed by atoms with Crippen LogP contribution in [0.25, 0.3) is 0 Å². The van der Waals surface area contributed by atoms with E-state index in [1.165, 1.54) is 10.6 Å². The van der Waals surface area contributed by atoms with Crippen LogP contribution in [0.15, 0.2) is 42.5 Å². The molecule has 0 saturated heterocycles. The summed E-state index contributed by atoms with van der Waals surface area (Å²) in [6.07, 6.45) is 1.82. The second-order valence-electron chi connectivity index (χ2n) is 6.56. The van der Waals surface area contributed by atoms with Gasteiger partial charge >= 0.3 is 0 Å². The van der Waals surface area contributed by atoms with Gasteiger partial charge in [-0.05, 0) is 55.2 Å². The highest BCUT2D eigenvalue weighted by molar-refractivity contribution is 7.92. The molecular formula is C19H22N2O3S. The van der Waals surface area contributed by atoms with Crippen molar-refractivity contribution in [2.24, 2.45) is 0 Å². The number of rotatable bonds is 4. The average Bonchev–Trinajstić information content (AvgIpc) is 2.88. The van der Waals surface area contributed by atoms with Crippen LogP contribution in [0, 0.1) is 6.92 Å². The first kappa shape index (κ1) is 17.5. The summed E-state index contributed by atoms with van der Waals surface area (Å²) >= 11 is 0. The fourth-order valence-electron chi connectivity index (χ4n) is 3.34. The minimum atomic E-state index is -3.32. The van der Waals surface area contributed by atoms with Gasteiger partial charge in [-0.3, -0.25) is 9.10 Å². The Morgan fingerprint density at radius 2 is 1.96 bits per heavy atom. The molecule has 0 fully saturated rings. The third-order valence-electron chi connectivity index (χ3n) is 4.55. The number of nitrogens with one attached hydrogen (secondary N) is 1. The minimum Gasteiger partial charge on any atom is -0.348 e. The number of hydrogen-bond donors (Lipinski definition) is 1. The molecule has 3 rings (SSSR count). The van der Waals surface area contributed by atoms with Crippen LogP contribution in [0.2, 0.25) is 0 Å². The Labute approximate surface area is 148 Å². The van der Waals surface area contributed by atoms with Crippen molar-refractivity contribution in [2.45, 2.75) is 32.9 Å². The second kappa shape index (κ2) is 6.52. The molecule has 1 heterocycles. The molecule has 5 nitrogen and oxygen atoms in total. The van der Waals surface area contributed by atoms with Gasteiger partial charge in [0, 0.05) is 18.2 Å². The fourth-order valence-corrected chi connectivity index (χ4v) is 4.60. The van der Waals surface area contributed by atoms with Crippen molar-refractivity contribution < 1.29 is 13.2 Å². The van der Waals surface area contributed by atoms with Gasteiger partial charge in [-0.15, -0.1) is 0 Å². The first-order valence-electron chi connectivity index (χ1n) is 8.22. The van der Waals surface area contributed by atoms with Crippen molar-refractivity contribution in [3.63, 3.8) is 0 Å². The quantitative estimate of drug-likeness (QED) is 0.914. The van der Waals surface area contributed by atoms with E-state index >= 15 is 0 Å². The van der Waals surface area contributed by atoms with Crippen molar-refractivity contribution in [2.75, 3.05) is 10.6 Å². The topological polar surface area (TPSA) is 66.5 Å². The molecule has 0 radical (unpaired) electrons. The average molecular weight is 358 g/mol. The summed E-state index contributed by atoms with van der Waals surface area (Å²) in [6, 6.07) is 13.0. The van der Waals surface area contributed by atoms with Gasteiger partial charge in [-0.2, -0.15) is 0 Å². The molecule has 0 aromatic heterocycles. The molecule has 6 heteroatoms. The van der Waals surface area contributed by atoms with Crippen molar-refractivity contribution >= 4 is 21.6 Å². The normalized spacial score (nSPS) is 16.6. The van der Waals surface area contributed by atoms with Crippen LogP contribution in [0.1, 0.15) is 34.0 Å². The number of carbonyl (C=O) groups is 1. The van der Waals surface area contributed by atoms with Crippen molar-refractivity contribution in [3.05, 3.63) is 64.7 Å². The smallest absolute Gasteiger partial charge is 0.251 e. The molecule has 1 N–H and O–H groups in total. The summed E-state index contributed by atoms with van der Waals surface area (Å²) in [7, 11) is -3.32. The lowest BCUT2D eigenvalue weighted by molar-refractivity contribution is 0.0951. The zero-order valence-corrected chi connectivity index (χ0v) is 15.4. The number of amides is 1. The molecule has 1 amide bonds. The van der Waals surface area contributed by atoms with Gasteiger partial charge in [0.25, 0.3) is 5.91 Å².